The molecule has 0 bridgehead atoms. The lowest BCUT2D eigenvalue weighted by atomic mass is 9.70. The fourth-order valence-electron chi connectivity index (χ4n) is 12.7. The summed E-state index contributed by atoms with van der Waals surface area (Å²) < 4.78 is 37.0. The van der Waals surface area contributed by atoms with E-state index in [0.717, 1.165) is 16.9 Å². The van der Waals surface area contributed by atoms with Gasteiger partial charge < -0.3 is 41.9 Å². The molecule has 19 nitrogen and oxygen atoms in total. The number of phenolic OH excluding ortho intramolecular Hbond substituents is 4. The number of carbonyl (C=O) groups is 7. The minimum absolute atomic E-state index is 0.00939. The highest BCUT2D eigenvalue weighted by atomic mass is 35.5. The van der Waals surface area contributed by atoms with Crippen LogP contribution in [0.25, 0.3) is 0 Å². The molecule has 0 unspecified atom stereocenters. The van der Waals surface area contributed by atoms with Crippen LogP contribution in [0, 0.1) is 0 Å². The Morgan fingerprint density at radius 1 is 0.447 bits per heavy atom. The predicted octanol–water partition coefficient (Wildman–Crippen LogP) is 16.4. The number of nitrogens with two attached hydrogens (primary N) is 1. The summed E-state index contributed by atoms with van der Waals surface area (Å²) in [7, 11) is 0. The zero-order valence-corrected chi connectivity index (χ0v) is 61.1. The van der Waals surface area contributed by atoms with E-state index in [1.54, 1.807) is 61.7 Å². The van der Waals surface area contributed by atoms with Crippen LogP contribution >= 0.6 is 92.8 Å². The van der Waals surface area contributed by atoms with Crippen LogP contribution in [-0.4, -0.2) is 115 Å². The van der Waals surface area contributed by atoms with E-state index in [1.807, 2.05) is 41.5 Å². The number of carboxylic acids is 1. The Morgan fingerprint density at radius 3 is 1.08 bits per heavy atom. The third kappa shape index (κ3) is 14.3. The minimum Gasteiger partial charge on any atom is -0.505 e. The second-order valence-electron chi connectivity index (χ2n) is 26.2. The summed E-state index contributed by atoms with van der Waals surface area (Å²) in [5.74, 6) is -5.57. The molecule has 103 heavy (non-hydrogen) atoms. The highest BCUT2D eigenvalue weighted by molar-refractivity contribution is 6.42. The SMILES string of the molecule is CC1(C)C2=CC(=O)C(CN)=CC2=Nc2cc(Cl)c(O)c(Cl)c21.CC1(C)C2=CC(=O)C(CNC(=O)C(F)(F)F)=CC2=Nc2cc(Cl)c(O)c(Cl)c21.CC1(C)C2=CC(=O)C(CNC(=O)c3ccc(C(=O)O)cc3)=CC2=Nc2cc(Cl)c(O)c(Cl)c21.CC1(C)C2=CC(=O)C=CC2=Nc2cc(Cl)c(O)c(Cl)c21. The summed E-state index contributed by atoms with van der Waals surface area (Å²) in [4.78, 5) is 101. The molecular weight excluding hydrogens is 1510 g/mol. The first-order chi connectivity index (χ1) is 47.9. The van der Waals surface area contributed by atoms with Gasteiger partial charge in [-0.15, -0.1) is 0 Å². The molecule has 5 aromatic carbocycles. The van der Waals surface area contributed by atoms with Gasteiger partial charge in [-0.1, -0.05) is 148 Å². The molecule has 0 radical (unpaired) electrons. The van der Waals surface area contributed by atoms with Gasteiger partial charge in [0.15, 0.2) is 46.1 Å². The topological polar surface area (TPSA) is 320 Å². The van der Waals surface area contributed by atoms with E-state index < -0.39 is 57.9 Å². The number of rotatable bonds is 7. The van der Waals surface area contributed by atoms with Gasteiger partial charge in [-0.25, -0.2) is 24.8 Å². The highest BCUT2D eigenvalue weighted by Crippen LogP contribution is 2.56. The maximum atomic E-state index is 12.8. The molecule has 8 aliphatic rings. The number of amides is 2. The molecule has 0 atom stereocenters. The fourth-order valence-corrected chi connectivity index (χ4v) is 15.4. The van der Waals surface area contributed by atoms with Crippen molar-refractivity contribution in [2.75, 3.05) is 19.6 Å². The van der Waals surface area contributed by atoms with E-state index in [-0.39, 0.29) is 110 Å². The Hall–Kier alpha value is -8.94. The first-order valence-corrected chi connectivity index (χ1v) is 33.7. The van der Waals surface area contributed by atoms with E-state index in [9.17, 15) is 67.2 Å². The standard InChI is InChI=1S/C24H18Cl2N2O5.C18H13Cl2F3N2O3.C16H14Cl2N2O2.C15H11Cl2NO2/c1-24(2)14-8-18(29)13(10-27-22(31)11-3-5-12(6-4-11)23(32)33)7-16(14)28-17-9-15(25)21(30)20(26)19(17)24;1-17(2)8-4-12(26)7(6-24-16(28)18(21,22)23)3-10(8)25-11-5-9(19)15(27)14(20)13(11)17;1-16(2)8-4-12(21)7(6-19)3-10(8)20-11-5-9(17)15(22)14(18)13(11)16;1-15(2)8-5-7(19)3-4-10(8)18-11-6-9(16)14(20)13(17)12(11)15/h3-9,30H,10H2,1-2H3,(H,27,31)(H,32,33);3-5,27H,6H2,1-2H3,(H,24,28);3-5,22H,6,19H2,1-2H3;3-6,20H,1-2H3. The molecule has 0 saturated carbocycles. The van der Waals surface area contributed by atoms with Gasteiger partial charge >= 0.3 is 18.1 Å². The van der Waals surface area contributed by atoms with Gasteiger partial charge in [-0.05, 0) is 126 Å². The van der Waals surface area contributed by atoms with Crippen LogP contribution in [0.2, 0.25) is 40.2 Å². The van der Waals surface area contributed by atoms with Crippen LogP contribution < -0.4 is 16.4 Å². The molecule has 4 heterocycles. The number of nitrogens with one attached hydrogen (secondary N) is 2. The third-order valence-corrected chi connectivity index (χ3v) is 20.7. The second-order valence-corrected chi connectivity index (χ2v) is 29.3. The molecule has 0 saturated heterocycles. The minimum atomic E-state index is -5.04. The van der Waals surface area contributed by atoms with Crippen molar-refractivity contribution >= 4 is 179 Å². The van der Waals surface area contributed by atoms with Gasteiger partial charge in [-0.2, -0.15) is 13.2 Å². The molecule has 30 heteroatoms. The van der Waals surface area contributed by atoms with E-state index >= 15 is 0 Å². The Labute approximate surface area is 625 Å². The van der Waals surface area contributed by atoms with Crippen LogP contribution in [0.4, 0.5) is 35.9 Å². The molecule has 9 N–H and O–H groups in total. The lowest BCUT2D eigenvalue weighted by molar-refractivity contribution is -0.173. The van der Waals surface area contributed by atoms with E-state index in [2.05, 4.69) is 25.3 Å². The number of ketones is 4. The van der Waals surface area contributed by atoms with Crippen molar-refractivity contribution in [3.63, 3.8) is 0 Å². The molecule has 4 aliphatic heterocycles. The largest absolute Gasteiger partial charge is 0.505 e. The Kier molecular flexibility index (Phi) is 21.0. The number of aromatic hydroxyl groups is 4. The number of aliphatic imine (C=N–C) groups is 4. The smallest absolute Gasteiger partial charge is 0.471 e. The van der Waals surface area contributed by atoms with Crippen LogP contribution in [0.15, 0.2) is 162 Å². The first kappa shape index (κ1) is 76.7. The van der Waals surface area contributed by atoms with Gasteiger partial charge in [0.1, 0.15) is 0 Å². The number of hydrogen-bond donors (Lipinski definition) is 8. The van der Waals surface area contributed by atoms with Crippen molar-refractivity contribution < 1.29 is 72.3 Å². The average Bonchev–Trinajstić information content (AvgIpc) is 0.750. The van der Waals surface area contributed by atoms with Crippen molar-refractivity contribution in [1.29, 1.82) is 0 Å². The summed E-state index contributed by atoms with van der Waals surface area (Å²) in [5, 5.41) is 54.2. The number of benzene rings is 5. The lowest BCUT2D eigenvalue weighted by Gasteiger charge is -2.36. The average molecular weight is 1560 g/mol. The van der Waals surface area contributed by atoms with Crippen molar-refractivity contribution in [2.24, 2.45) is 25.7 Å². The number of carbonyl (C=O) groups excluding carboxylic acids is 6. The number of nitrogens with zero attached hydrogens (tertiary/aromatic N) is 4. The predicted molar refractivity (Wildman–Crippen MR) is 393 cm³/mol. The summed E-state index contributed by atoms with van der Waals surface area (Å²) in [6, 6.07) is 11.6. The summed E-state index contributed by atoms with van der Waals surface area (Å²) in [6.45, 7) is 14.6. The van der Waals surface area contributed by atoms with Crippen molar-refractivity contribution in [1.82, 2.24) is 10.6 Å². The third-order valence-electron chi connectivity index (χ3n) is 18.1. The molecule has 4 aliphatic carbocycles. The van der Waals surface area contributed by atoms with Gasteiger partial charge in [-0.3, -0.25) is 28.8 Å². The van der Waals surface area contributed by atoms with Gasteiger partial charge in [0.2, 0.25) is 0 Å². The molecule has 2 amide bonds. The number of fused-ring (bicyclic) bond motifs is 8. The first-order valence-electron chi connectivity index (χ1n) is 30.7. The van der Waals surface area contributed by atoms with E-state index in [4.69, 9.17) is 104 Å². The fraction of sp³-hybridized carbons (Fsp3) is 0.219. The zero-order chi connectivity index (χ0) is 76.0. The molecule has 0 spiro atoms. The molecular formula is C73H56Cl8F3N7O12. The van der Waals surface area contributed by atoms with Crippen LogP contribution in [-0.2, 0) is 45.6 Å². The number of carboxylic acid groups (broad SMARTS) is 1. The van der Waals surface area contributed by atoms with E-state index in [0.29, 0.717) is 84.4 Å². The summed E-state index contributed by atoms with van der Waals surface area (Å²) >= 11 is 49.1. The van der Waals surface area contributed by atoms with Crippen molar-refractivity contribution in [3.8, 4) is 23.0 Å². The Morgan fingerprint density at radius 2 is 0.748 bits per heavy atom. The summed E-state index contributed by atoms with van der Waals surface area (Å²) in [6.07, 6.45) is 8.60. The van der Waals surface area contributed by atoms with Gasteiger partial charge in [0.25, 0.3) is 5.91 Å². The second kappa shape index (κ2) is 28.3. The van der Waals surface area contributed by atoms with Crippen LogP contribution in [0.1, 0.15) is 98.4 Å². The number of aromatic carboxylic acids is 1. The Bertz CT molecular complexity index is 5130. The number of phenols is 4. The molecule has 532 valence electrons. The number of alkyl halides is 3. The zero-order valence-electron chi connectivity index (χ0n) is 55.1. The van der Waals surface area contributed by atoms with Crippen molar-refractivity contribution in [2.45, 2.75) is 83.2 Å². The normalized spacial score (nSPS) is 17.8. The van der Waals surface area contributed by atoms with Gasteiger partial charge in [0.05, 0.1) is 91.3 Å². The Balaban J connectivity index is 0.000000150. The molecule has 5 aromatic rings. The number of hydrogen-bond acceptors (Lipinski definition) is 16. The monoisotopic (exact) mass is 1560 g/mol. The number of allylic oxidation sites excluding steroid dienone is 13. The molecule has 0 fully saturated rings. The maximum Gasteiger partial charge on any atom is 0.471 e. The van der Waals surface area contributed by atoms with Crippen LogP contribution in [0.3, 0.4) is 0 Å². The summed E-state index contributed by atoms with van der Waals surface area (Å²) in [5.41, 5.74) is 13.5. The van der Waals surface area contributed by atoms with Crippen LogP contribution in [0.5, 0.6) is 23.0 Å². The van der Waals surface area contributed by atoms with Crippen molar-refractivity contribution in [3.05, 3.63) is 216 Å². The quantitative estimate of drug-likeness (QED) is 0.0704. The molecule has 13 rings (SSSR count). The van der Waals surface area contributed by atoms with E-state index in [1.165, 1.54) is 60.7 Å². The number of halogens is 11. The molecule has 0 aromatic heterocycles. The lowest BCUT2D eigenvalue weighted by Crippen LogP contribution is -2.39. The van der Waals surface area contributed by atoms with Gasteiger partial charge in [0, 0.05) is 85.8 Å². The maximum absolute atomic E-state index is 12.8. The highest BCUT2D eigenvalue weighted by Gasteiger charge is 2.45.